The SMILES string of the molecule is CCN1CCC(CNC(=O)C2CCCC2C(=O)O)CC1. The van der Waals surface area contributed by atoms with E-state index in [1.807, 2.05) is 0 Å². The molecular formula is C15H26N2O3. The number of likely N-dealkylation sites (tertiary alicyclic amines) is 1. The second-order valence-electron chi connectivity index (χ2n) is 6.10. The van der Waals surface area contributed by atoms with E-state index >= 15 is 0 Å². The van der Waals surface area contributed by atoms with E-state index in [9.17, 15) is 9.59 Å². The maximum Gasteiger partial charge on any atom is 0.307 e. The molecule has 1 saturated heterocycles. The van der Waals surface area contributed by atoms with Crippen molar-refractivity contribution in [2.24, 2.45) is 17.8 Å². The monoisotopic (exact) mass is 282 g/mol. The number of hydrogen-bond donors (Lipinski definition) is 2. The molecule has 1 aliphatic heterocycles. The molecule has 2 unspecified atom stereocenters. The van der Waals surface area contributed by atoms with Crippen LogP contribution in [0.25, 0.3) is 0 Å². The number of nitrogens with one attached hydrogen (secondary N) is 1. The zero-order chi connectivity index (χ0) is 14.5. The molecule has 0 bridgehead atoms. The van der Waals surface area contributed by atoms with Gasteiger partial charge in [0.2, 0.25) is 5.91 Å². The Hall–Kier alpha value is -1.10. The lowest BCUT2D eigenvalue weighted by molar-refractivity contribution is -0.146. The predicted molar refractivity (Wildman–Crippen MR) is 76.3 cm³/mol. The predicted octanol–water partition coefficient (Wildman–Crippen LogP) is 1.34. The van der Waals surface area contributed by atoms with E-state index in [4.69, 9.17) is 5.11 Å². The quantitative estimate of drug-likeness (QED) is 0.798. The normalized spacial score (nSPS) is 28.4. The van der Waals surface area contributed by atoms with Gasteiger partial charge in [0.25, 0.3) is 0 Å². The van der Waals surface area contributed by atoms with Crippen LogP contribution in [-0.2, 0) is 9.59 Å². The Kier molecular flexibility index (Phi) is 5.40. The third-order valence-corrected chi connectivity index (χ3v) is 4.89. The van der Waals surface area contributed by atoms with Gasteiger partial charge in [0.15, 0.2) is 0 Å². The lowest BCUT2D eigenvalue weighted by Crippen LogP contribution is -2.41. The number of carbonyl (C=O) groups is 2. The number of nitrogens with zero attached hydrogens (tertiary/aromatic N) is 1. The third kappa shape index (κ3) is 3.72. The number of aliphatic carboxylic acids is 1. The van der Waals surface area contributed by atoms with Crippen molar-refractivity contribution in [3.8, 4) is 0 Å². The molecule has 0 aromatic heterocycles. The summed E-state index contributed by atoms with van der Waals surface area (Å²) in [5, 5.41) is 12.1. The van der Waals surface area contributed by atoms with E-state index in [0.717, 1.165) is 45.3 Å². The van der Waals surface area contributed by atoms with E-state index in [1.54, 1.807) is 0 Å². The van der Waals surface area contributed by atoms with Gasteiger partial charge in [0.1, 0.15) is 0 Å². The summed E-state index contributed by atoms with van der Waals surface area (Å²) in [6.45, 7) is 6.20. The average molecular weight is 282 g/mol. The number of amides is 1. The summed E-state index contributed by atoms with van der Waals surface area (Å²) in [7, 11) is 0. The lowest BCUT2D eigenvalue weighted by atomic mass is 9.93. The average Bonchev–Trinajstić information content (AvgIpc) is 2.95. The molecule has 2 N–H and O–H groups in total. The fourth-order valence-corrected chi connectivity index (χ4v) is 3.45. The van der Waals surface area contributed by atoms with Crippen molar-refractivity contribution >= 4 is 11.9 Å². The van der Waals surface area contributed by atoms with Gasteiger partial charge in [-0.25, -0.2) is 0 Å². The Labute approximate surface area is 120 Å². The molecule has 2 rings (SSSR count). The fraction of sp³-hybridized carbons (Fsp3) is 0.867. The zero-order valence-corrected chi connectivity index (χ0v) is 12.3. The molecule has 2 atom stereocenters. The minimum absolute atomic E-state index is 0.0483. The third-order valence-electron chi connectivity index (χ3n) is 4.89. The van der Waals surface area contributed by atoms with E-state index < -0.39 is 11.9 Å². The Morgan fingerprint density at radius 2 is 1.80 bits per heavy atom. The van der Waals surface area contributed by atoms with Gasteiger partial charge in [-0.05, 0) is 51.2 Å². The highest BCUT2D eigenvalue weighted by atomic mass is 16.4. The molecule has 5 nitrogen and oxygen atoms in total. The first-order valence-electron chi connectivity index (χ1n) is 7.84. The van der Waals surface area contributed by atoms with Gasteiger partial charge in [-0.3, -0.25) is 9.59 Å². The van der Waals surface area contributed by atoms with E-state index in [1.165, 1.54) is 0 Å². The van der Waals surface area contributed by atoms with Gasteiger partial charge in [-0.2, -0.15) is 0 Å². The molecule has 0 aromatic rings. The summed E-state index contributed by atoms with van der Waals surface area (Å²) in [6, 6.07) is 0. The summed E-state index contributed by atoms with van der Waals surface area (Å²) in [6.07, 6.45) is 4.46. The molecular weight excluding hydrogens is 256 g/mol. The molecule has 5 heteroatoms. The van der Waals surface area contributed by atoms with Crippen molar-refractivity contribution < 1.29 is 14.7 Å². The topological polar surface area (TPSA) is 69.6 Å². The van der Waals surface area contributed by atoms with Crippen LogP contribution in [0.4, 0.5) is 0 Å². The van der Waals surface area contributed by atoms with Crippen LogP contribution in [0.1, 0.15) is 39.0 Å². The fourth-order valence-electron chi connectivity index (χ4n) is 3.45. The van der Waals surface area contributed by atoms with Crippen LogP contribution in [0.15, 0.2) is 0 Å². The van der Waals surface area contributed by atoms with Crippen LogP contribution >= 0.6 is 0 Å². The van der Waals surface area contributed by atoms with Crippen LogP contribution in [0.2, 0.25) is 0 Å². The number of carbonyl (C=O) groups excluding carboxylic acids is 1. The van der Waals surface area contributed by atoms with E-state index in [2.05, 4.69) is 17.1 Å². The summed E-state index contributed by atoms with van der Waals surface area (Å²) in [5.74, 6) is -1.11. The maximum atomic E-state index is 12.1. The first-order valence-corrected chi connectivity index (χ1v) is 7.84. The Bertz CT molecular complexity index is 351. The first-order chi connectivity index (χ1) is 9.61. The second-order valence-corrected chi connectivity index (χ2v) is 6.10. The van der Waals surface area contributed by atoms with Crippen LogP contribution in [0, 0.1) is 17.8 Å². The van der Waals surface area contributed by atoms with Crippen molar-refractivity contribution in [1.82, 2.24) is 10.2 Å². The van der Waals surface area contributed by atoms with E-state index in [0.29, 0.717) is 18.9 Å². The van der Waals surface area contributed by atoms with Gasteiger partial charge < -0.3 is 15.3 Å². The summed E-state index contributed by atoms with van der Waals surface area (Å²) in [4.78, 5) is 25.7. The van der Waals surface area contributed by atoms with E-state index in [-0.39, 0.29) is 11.8 Å². The number of carboxylic acid groups (broad SMARTS) is 1. The van der Waals surface area contributed by atoms with Gasteiger partial charge in [0, 0.05) is 6.54 Å². The molecule has 0 radical (unpaired) electrons. The van der Waals surface area contributed by atoms with Crippen LogP contribution < -0.4 is 5.32 Å². The Morgan fingerprint density at radius 3 is 2.40 bits per heavy atom. The molecule has 2 aliphatic rings. The smallest absolute Gasteiger partial charge is 0.307 e. The molecule has 114 valence electrons. The Morgan fingerprint density at radius 1 is 1.15 bits per heavy atom. The van der Waals surface area contributed by atoms with Crippen molar-refractivity contribution in [3.05, 3.63) is 0 Å². The Balaban J connectivity index is 1.74. The highest BCUT2D eigenvalue weighted by molar-refractivity contribution is 5.85. The van der Waals surface area contributed by atoms with Crippen LogP contribution in [0.5, 0.6) is 0 Å². The molecule has 1 heterocycles. The van der Waals surface area contributed by atoms with Gasteiger partial charge in [-0.1, -0.05) is 13.3 Å². The summed E-state index contributed by atoms with van der Waals surface area (Å²) in [5.41, 5.74) is 0. The standard InChI is InChI=1S/C15H26N2O3/c1-2-17-8-6-11(7-9-17)10-16-14(18)12-4-3-5-13(12)15(19)20/h11-13H,2-10H2,1H3,(H,16,18)(H,19,20). The molecule has 0 spiro atoms. The molecule has 2 fully saturated rings. The maximum absolute atomic E-state index is 12.1. The van der Waals surface area contributed by atoms with Crippen molar-refractivity contribution in [1.29, 1.82) is 0 Å². The summed E-state index contributed by atoms with van der Waals surface area (Å²) < 4.78 is 0. The highest BCUT2D eigenvalue weighted by Gasteiger charge is 2.37. The number of piperidine rings is 1. The molecule has 1 aliphatic carbocycles. The highest BCUT2D eigenvalue weighted by Crippen LogP contribution is 2.32. The lowest BCUT2D eigenvalue weighted by Gasteiger charge is -2.31. The van der Waals surface area contributed by atoms with Crippen molar-refractivity contribution in [3.63, 3.8) is 0 Å². The molecule has 1 amide bonds. The number of hydrogen-bond acceptors (Lipinski definition) is 3. The van der Waals surface area contributed by atoms with Gasteiger partial charge in [0.05, 0.1) is 11.8 Å². The van der Waals surface area contributed by atoms with Crippen molar-refractivity contribution in [2.75, 3.05) is 26.2 Å². The number of carboxylic acids is 1. The minimum atomic E-state index is -0.820. The minimum Gasteiger partial charge on any atom is -0.481 e. The van der Waals surface area contributed by atoms with Gasteiger partial charge in [-0.15, -0.1) is 0 Å². The van der Waals surface area contributed by atoms with Crippen molar-refractivity contribution in [2.45, 2.75) is 39.0 Å². The molecule has 20 heavy (non-hydrogen) atoms. The van der Waals surface area contributed by atoms with Gasteiger partial charge >= 0.3 is 5.97 Å². The second kappa shape index (κ2) is 7.07. The summed E-state index contributed by atoms with van der Waals surface area (Å²) >= 11 is 0. The largest absolute Gasteiger partial charge is 0.481 e. The molecule has 1 saturated carbocycles. The van der Waals surface area contributed by atoms with Crippen LogP contribution in [-0.4, -0.2) is 48.1 Å². The first kappa shape index (κ1) is 15.3. The van der Waals surface area contributed by atoms with Crippen LogP contribution in [0.3, 0.4) is 0 Å². The zero-order valence-electron chi connectivity index (χ0n) is 12.3. The number of rotatable bonds is 5. The molecule has 0 aromatic carbocycles.